The fraction of sp³-hybridized carbons (Fsp3) is 0.357. The van der Waals surface area contributed by atoms with Gasteiger partial charge in [0.2, 0.25) is 5.89 Å². The van der Waals surface area contributed by atoms with Gasteiger partial charge in [-0.05, 0) is 24.6 Å². The Kier molecular flexibility index (Phi) is 3.31. The third kappa shape index (κ3) is 2.83. The number of nitrogens with zero attached hydrogens (tertiary/aromatic N) is 2. The van der Waals surface area contributed by atoms with Crippen molar-refractivity contribution in [3.8, 4) is 11.5 Å². The van der Waals surface area contributed by atoms with Crippen molar-refractivity contribution in [3.05, 3.63) is 42.0 Å². The molecule has 1 saturated heterocycles. The second-order valence-electron chi connectivity index (χ2n) is 4.83. The molecule has 0 amide bonds. The van der Waals surface area contributed by atoms with Crippen LogP contribution in [-0.4, -0.2) is 34.2 Å². The Morgan fingerprint density at radius 3 is 3.11 bits per heavy atom. The second kappa shape index (κ2) is 5.11. The standard InChI is InChI=1S/C14H15FN2O2/c15-11-3-1-2-10(6-11)14-16-12(9-19-14)7-17-5-4-13(18)8-17/h1-3,6,9,13,18H,4-5,7-8H2/t13-/m1/s1. The second-order valence-corrected chi connectivity index (χ2v) is 4.83. The van der Waals surface area contributed by atoms with Crippen LogP contribution in [0.15, 0.2) is 34.9 Å². The highest BCUT2D eigenvalue weighted by atomic mass is 19.1. The lowest BCUT2D eigenvalue weighted by Crippen LogP contribution is -2.21. The molecule has 0 radical (unpaired) electrons. The Labute approximate surface area is 110 Å². The van der Waals surface area contributed by atoms with Crippen LogP contribution in [-0.2, 0) is 6.54 Å². The molecule has 2 aromatic rings. The summed E-state index contributed by atoms with van der Waals surface area (Å²) in [5.74, 6) is 0.120. The molecular weight excluding hydrogens is 247 g/mol. The fourth-order valence-electron chi connectivity index (χ4n) is 2.32. The lowest BCUT2D eigenvalue weighted by Gasteiger charge is -2.11. The molecule has 2 heterocycles. The van der Waals surface area contributed by atoms with Gasteiger partial charge in [-0.1, -0.05) is 6.07 Å². The maximum Gasteiger partial charge on any atom is 0.226 e. The molecule has 0 unspecified atom stereocenters. The highest BCUT2D eigenvalue weighted by Gasteiger charge is 2.21. The van der Waals surface area contributed by atoms with E-state index < -0.39 is 0 Å². The van der Waals surface area contributed by atoms with Gasteiger partial charge in [-0.2, -0.15) is 0 Å². The number of halogens is 1. The van der Waals surface area contributed by atoms with Gasteiger partial charge in [0, 0.05) is 25.2 Å². The van der Waals surface area contributed by atoms with Crippen molar-refractivity contribution in [1.29, 1.82) is 0 Å². The van der Waals surface area contributed by atoms with E-state index in [1.54, 1.807) is 18.4 Å². The third-order valence-corrected chi connectivity index (χ3v) is 3.26. The first kappa shape index (κ1) is 12.3. The topological polar surface area (TPSA) is 49.5 Å². The molecule has 0 bridgehead atoms. The summed E-state index contributed by atoms with van der Waals surface area (Å²) >= 11 is 0. The van der Waals surface area contributed by atoms with Crippen molar-refractivity contribution < 1.29 is 13.9 Å². The largest absolute Gasteiger partial charge is 0.444 e. The molecule has 1 aliphatic rings. The highest BCUT2D eigenvalue weighted by molar-refractivity contribution is 5.52. The molecule has 1 fully saturated rings. The summed E-state index contributed by atoms with van der Waals surface area (Å²) in [5.41, 5.74) is 1.43. The van der Waals surface area contributed by atoms with Crippen molar-refractivity contribution in [2.24, 2.45) is 0 Å². The lowest BCUT2D eigenvalue weighted by atomic mass is 10.2. The fourth-order valence-corrected chi connectivity index (χ4v) is 2.32. The summed E-state index contributed by atoms with van der Waals surface area (Å²) in [6.45, 7) is 2.18. The van der Waals surface area contributed by atoms with Gasteiger partial charge in [0.25, 0.3) is 0 Å². The summed E-state index contributed by atoms with van der Waals surface area (Å²) in [6.07, 6.45) is 2.15. The number of benzene rings is 1. The van der Waals surface area contributed by atoms with Crippen LogP contribution >= 0.6 is 0 Å². The number of β-amino-alcohol motifs (C(OH)–C–C–N with tert-alkyl or cyclic N) is 1. The molecule has 1 N–H and O–H groups in total. The Morgan fingerprint density at radius 2 is 2.37 bits per heavy atom. The van der Waals surface area contributed by atoms with Gasteiger partial charge in [-0.3, -0.25) is 4.90 Å². The zero-order valence-electron chi connectivity index (χ0n) is 10.4. The van der Waals surface area contributed by atoms with E-state index in [0.717, 1.165) is 18.7 Å². The van der Waals surface area contributed by atoms with Crippen molar-refractivity contribution >= 4 is 0 Å². The number of hydrogen-bond acceptors (Lipinski definition) is 4. The van der Waals surface area contributed by atoms with E-state index in [1.165, 1.54) is 12.1 Å². The number of likely N-dealkylation sites (tertiary alicyclic amines) is 1. The summed E-state index contributed by atoms with van der Waals surface area (Å²) < 4.78 is 18.5. The molecule has 1 aliphatic heterocycles. The van der Waals surface area contributed by atoms with E-state index in [2.05, 4.69) is 9.88 Å². The number of oxazole rings is 1. The third-order valence-electron chi connectivity index (χ3n) is 3.26. The smallest absolute Gasteiger partial charge is 0.226 e. The quantitative estimate of drug-likeness (QED) is 0.919. The first-order chi connectivity index (χ1) is 9.20. The normalized spacial score (nSPS) is 20.0. The van der Waals surface area contributed by atoms with Crippen LogP contribution in [0.3, 0.4) is 0 Å². The van der Waals surface area contributed by atoms with Crippen LogP contribution in [0.1, 0.15) is 12.1 Å². The monoisotopic (exact) mass is 262 g/mol. The van der Waals surface area contributed by atoms with Gasteiger partial charge in [-0.15, -0.1) is 0 Å². The number of rotatable bonds is 3. The van der Waals surface area contributed by atoms with Crippen molar-refractivity contribution in [3.63, 3.8) is 0 Å². The van der Waals surface area contributed by atoms with E-state index in [-0.39, 0.29) is 11.9 Å². The Morgan fingerprint density at radius 1 is 1.47 bits per heavy atom. The van der Waals surface area contributed by atoms with E-state index >= 15 is 0 Å². The van der Waals surface area contributed by atoms with Crippen LogP contribution in [0.25, 0.3) is 11.5 Å². The number of aromatic nitrogens is 1. The summed E-state index contributed by atoms with van der Waals surface area (Å²) in [4.78, 5) is 6.48. The maximum atomic E-state index is 13.1. The molecule has 3 rings (SSSR count). The highest BCUT2D eigenvalue weighted by Crippen LogP contribution is 2.21. The molecule has 19 heavy (non-hydrogen) atoms. The zero-order chi connectivity index (χ0) is 13.2. The van der Waals surface area contributed by atoms with Crippen LogP contribution in [0, 0.1) is 5.82 Å². The lowest BCUT2D eigenvalue weighted by molar-refractivity contribution is 0.174. The average molecular weight is 262 g/mol. The summed E-state index contributed by atoms with van der Waals surface area (Å²) in [6, 6.07) is 6.18. The van der Waals surface area contributed by atoms with Gasteiger partial charge in [-0.25, -0.2) is 9.37 Å². The average Bonchev–Trinajstić information content (AvgIpc) is 2.99. The minimum atomic E-state index is -0.306. The first-order valence-corrected chi connectivity index (χ1v) is 6.31. The molecule has 1 aromatic heterocycles. The van der Waals surface area contributed by atoms with Crippen LogP contribution < -0.4 is 0 Å². The maximum absolute atomic E-state index is 13.1. The molecule has 0 spiro atoms. The van der Waals surface area contributed by atoms with E-state index in [1.807, 2.05) is 0 Å². The predicted molar refractivity (Wildman–Crippen MR) is 67.8 cm³/mol. The SMILES string of the molecule is O[C@@H]1CCN(Cc2coc(-c3cccc(F)c3)n2)C1. The first-order valence-electron chi connectivity index (χ1n) is 6.31. The van der Waals surface area contributed by atoms with Gasteiger partial charge in [0.1, 0.15) is 12.1 Å². The van der Waals surface area contributed by atoms with Crippen molar-refractivity contribution in [1.82, 2.24) is 9.88 Å². The summed E-state index contributed by atoms with van der Waals surface area (Å²) in [7, 11) is 0. The molecule has 5 heteroatoms. The Hall–Kier alpha value is -1.72. The van der Waals surface area contributed by atoms with Crippen LogP contribution in [0.4, 0.5) is 4.39 Å². The number of aliphatic hydroxyl groups excluding tert-OH is 1. The van der Waals surface area contributed by atoms with E-state index in [4.69, 9.17) is 4.42 Å². The van der Waals surface area contributed by atoms with E-state index in [9.17, 15) is 9.50 Å². The van der Waals surface area contributed by atoms with Crippen molar-refractivity contribution in [2.75, 3.05) is 13.1 Å². The minimum absolute atomic E-state index is 0.241. The van der Waals surface area contributed by atoms with Gasteiger partial charge >= 0.3 is 0 Å². The molecule has 1 atom stereocenters. The molecule has 4 nitrogen and oxygen atoms in total. The molecule has 1 aromatic carbocycles. The van der Waals surface area contributed by atoms with E-state index in [0.29, 0.717) is 24.5 Å². The van der Waals surface area contributed by atoms with Crippen LogP contribution in [0.2, 0.25) is 0 Å². The number of aliphatic hydroxyl groups is 1. The van der Waals surface area contributed by atoms with Gasteiger partial charge in [0.15, 0.2) is 0 Å². The van der Waals surface area contributed by atoms with Gasteiger partial charge < -0.3 is 9.52 Å². The Bertz CT molecular complexity index is 570. The predicted octanol–water partition coefficient (Wildman–Crippen LogP) is 2.05. The van der Waals surface area contributed by atoms with Crippen molar-refractivity contribution in [2.45, 2.75) is 19.1 Å². The van der Waals surface area contributed by atoms with Gasteiger partial charge in [0.05, 0.1) is 11.8 Å². The molecule has 100 valence electrons. The minimum Gasteiger partial charge on any atom is -0.444 e. The molecule has 0 aliphatic carbocycles. The Balaban J connectivity index is 1.73. The summed E-state index contributed by atoms with van der Waals surface area (Å²) in [5, 5.41) is 9.46. The number of hydrogen-bond donors (Lipinski definition) is 1. The molecule has 0 saturated carbocycles. The van der Waals surface area contributed by atoms with Crippen LogP contribution in [0.5, 0.6) is 0 Å². The zero-order valence-corrected chi connectivity index (χ0v) is 10.4. The molecular formula is C14H15FN2O2.